The number of halogens is 4. The molecule has 13 heteroatoms. The second kappa shape index (κ2) is 10.2. The second-order valence-corrected chi connectivity index (χ2v) is 11.4. The van der Waals surface area contributed by atoms with Gasteiger partial charge in [0.25, 0.3) is 0 Å². The number of imidazole rings is 1. The standard InChI is InChI=1S/C24H28F3IN6O3/c25-24(26,27)14-2-1-3-15-22(14)31-20(29-15)10-21(35)30-17-11-34(13-6-8-36-9-7-13)12-19(17)37-18-5-4-16-23(18)33-28-32-16/h1-3,13,17-19H,4-12H2,(H,29,31)(H,30,35)(H,32,33). The molecule has 2 saturated heterocycles. The highest BCUT2D eigenvalue weighted by Crippen LogP contribution is 2.37. The van der Waals surface area contributed by atoms with E-state index in [9.17, 15) is 18.0 Å². The van der Waals surface area contributed by atoms with E-state index < -0.39 is 11.7 Å². The Morgan fingerprint density at radius 3 is 2.89 bits per heavy atom. The summed E-state index contributed by atoms with van der Waals surface area (Å²) >= 11 is -0.388. The number of likely N-dealkylation sites (tertiary alicyclic amines) is 1. The first-order valence-electron chi connectivity index (χ1n) is 12.5. The highest BCUT2D eigenvalue weighted by Gasteiger charge is 2.41. The summed E-state index contributed by atoms with van der Waals surface area (Å²) in [6.45, 7) is 2.82. The number of nitrogens with zero attached hydrogens (tertiary/aromatic N) is 3. The SMILES string of the molecule is O=C(Cc1nc2c(C(F)(F)F)cccc2[nH]1)NC1CN(C2CCOCC2)CC1OC1CCC2=C1NI=N2. The van der Waals surface area contributed by atoms with E-state index in [0.29, 0.717) is 19.1 Å². The molecule has 0 radical (unpaired) electrons. The van der Waals surface area contributed by atoms with E-state index in [0.717, 1.165) is 56.4 Å². The number of aromatic amines is 1. The third-order valence-electron chi connectivity index (χ3n) is 7.45. The Balaban J connectivity index is 1.16. The van der Waals surface area contributed by atoms with Gasteiger partial charge in [0.05, 0.1) is 41.0 Å². The molecule has 1 aromatic heterocycles. The van der Waals surface area contributed by atoms with Crippen LogP contribution < -0.4 is 8.85 Å². The quantitative estimate of drug-likeness (QED) is 0.333. The average Bonchev–Trinajstić information content (AvgIpc) is 3.64. The number of benzene rings is 1. The molecule has 0 spiro atoms. The van der Waals surface area contributed by atoms with Crippen LogP contribution in [0.2, 0.25) is 0 Å². The van der Waals surface area contributed by atoms with E-state index >= 15 is 0 Å². The molecular weight excluding hydrogens is 604 g/mol. The Kier molecular flexibility index (Phi) is 6.96. The number of carbonyl (C=O) groups excluding carboxylic acids is 1. The van der Waals surface area contributed by atoms with E-state index in [-0.39, 0.29) is 68.7 Å². The fourth-order valence-corrected chi connectivity index (χ4v) is 7.47. The molecular formula is C24H28F3IN6O3. The van der Waals surface area contributed by atoms with E-state index in [4.69, 9.17) is 9.47 Å². The van der Waals surface area contributed by atoms with Crippen LogP contribution in [0.3, 0.4) is 0 Å². The van der Waals surface area contributed by atoms with E-state index in [1.165, 1.54) is 12.1 Å². The Hall–Kier alpha value is -2.10. The van der Waals surface area contributed by atoms with Crippen LogP contribution in [0.4, 0.5) is 13.2 Å². The molecule has 1 aliphatic carbocycles. The monoisotopic (exact) mass is 632 g/mol. The largest absolute Gasteiger partial charge is 0.418 e. The maximum atomic E-state index is 13.4. The van der Waals surface area contributed by atoms with Crippen molar-refractivity contribution < 1.29 is 27.4 Å². The summed E-state index contributed by atoms with van der Waals surface area (Å²) in [5.41, 5.74) is 1.50. The van der Waals surface area contributed by atoms with Gasteiger partial charge in [0, 0.05) is 32.3 Å². The lowest BCUT2D eigenvalue weighted by atomic mass is 10.1. The third-order valence-corrected chi connectivity index (χ3v) is 9.09. The summed E-state index contributed by atoms with van der Waals surface area (Å²) in [6, 6.07) is 4.00. The number of nitrogens with one attached hydrogen (secondary N) is 3. The second-order valence-electron chi connectivity index (χ2n) is 9.86. The van der Waals surface area contributed by atoms with Gasteiger partial charge in [-0.2, -0.15) is 13.2 Å². The zero-order chi connectivity index (χ0) is 25.6. The number of hydrogen-bond donors (Lipinski definition) is 3. The van der Waals surface area contributed by atoms with E-state index in [2.05, 4.69) is 26.9 Å². The van der Waals surface area contributed by atoms with Gasteiger partial charge in [0.15, 0.2) is 0 Å². The molecule has 3 unspecified atom stereocenters. The highest BCUT2D eigenvalue weighted by molar-refractivity contribution is 14.1. The number of rotatable bonds is 6. The number of para-hydroxylation sites is 1. The molecule has 1 aromatic carbocycles. The molecule has 37 heavy (non-hydrogen) atoms. The first-order valence-corrected chi connectivity index (χ1v) is 14.5. The lowest BCUT2D eigenvalue weighted by molar-refractivity contribution is -0.136. The van der Waals surface area contributed by atoms with Crippen molar-refractivity contribution in [2.24, 2.45) is 3.15 Å². The normalized spacial score (nSPS) is 26.9. The predicted octanol–water partition coefficient (Wildman–Crippen LogP) is 3.54. The molecule has 2 fully saturated rings. The van der Waals surface area contributed by atoms with Crippen molar-refractivity contribution in [3.8, 4) is 0 Å². The molecule has 3 atom stereocenters. The average molecular weight is 632 g/mol. The van der Waals surface area contributed by atoms with Gasteiger partial charge in [-0.3, -0.25) is 9.69 Å². The first-order chi connectivity index (χ1) is 17.8. The van der Waals surface area contributed by atoms with Gasteiger partial charge in [-0.05, 0) is 37.8 Å². The lowest BCUT2D eigenvalue weighted by Gasteiger charge is -2.31. The van der Waals surface area contributed by atoms with Crippen LogP contribution in [0.25, 0.3) is 11.0 Å². The van der Waals surface area contributed by atoms with Gasteiger partial charge < -0.3 is 23.3 Å². The maximum absolute atomic E-state index is 13.4. The number of alkyl halides is 3. The number of amides is 1. The minimum absolute atomic E-state index is 0.0452. The smallest absolute Gasteiger partial charge is 0.381 e. The molecule has 200 valence electrons. The third kappa shape index (κ3) is 5.27. The van der Waals surface area contributed by atoms with Crippen LogP contribution in [0, 0.1) is 0 Å². The van der Waals surface area contributed by atoms with Gasteiger partial charge in [0.1, 0.15) is 38.8 Å². The van der Waals surface area contributed by atoms with Crippen molar-refractivity contribution in [2.75, 3.05) is 26.3 Å². The zero-order valence-electron chi connectivity index (χ0n) is 20.0. The van der Waals surface area contributed by atoms with Crippen LogP contribution >= 0.6 is 21.3 Å². The Morgan fingerprint density at radius 1 is 1.24 bits per heavy atom. The van der Waals surface area contributed by atoms with Crippen molar-refractivity contribution >= 4 is 38.2 Å². The van der Waals surface area contributed by atoms with E-state index in [1.54, 1.807) is 0 Å². The number of H-pyrrole nitrogens is 1. The predicted molar refractivity (Wildman–Crippen MR) is 137 cm³/mol. The molecule has 4 heterocycles. The molecule has 3 aliphatic heterocycles. The minimum atomic E-state index is -4.52. The number of hydrogen-bond acceptors (Lipinski definition) is 7. The number of ether oxygens (including phenoxy) is 2. The summed E-state index contributed by atoms with van der Waals surface area (Å²) in [6.07, 6.45) is -1.24. The number of fused-ring (bicyclic) bond motifs is 1. The fraction of sp³-hybridized carbons (Fsp3) is 0.583. The van der Waals surface area contributed by atoms with Crippen molar-refractivity contribution in [1.82, 2.24) is 23.7 Å². The summed E-state index contributed by atoms with van der Waals surface area (Å²) < 4.78 is 60.2. The molecule has 0 bridgehead atoms. The van der Waals surface area contributed by atoms with Crippen LogP contribution in [-0.2, 0) is 26.9 Å². The van der Waals surface area contributed by atoms with Crippen molar-refractivity contribution in [3.05, 3.63) is 41.0 Å². The zero-order valence-corrected chi connectivity index (χ0v) is 22.1. The molecule has 0 saturated carbocycles. The summed E-state index contributed by atoms with van der Waals surface area (Å²) in [5.74, 6) is -0.0986. The van der Waals surface area contributed by atoms with E-state index in [1.807, 2.05) is 0 Å². The highest BCUT2D eigenvalue weighted by atomic mass is 127. The first kappa shape index (κ1) is 25.2. The lowest BCUT2D eigenvalue weighted by Crippen LogP contribution is -2.46. The minimum Gasteiger partial charge on any atom is -0.381 e. The summed E-state index contributed by atoms with van der Waals surface area (Å²) in [4.78, 5) is 22.4. The van der Waals surface area contributed by atoms with Crippen molar-refractivity contribution in [3.63, 3.8) is 0 Å². The van der Waals surface area contributed by atoms with Crippen LogP contribution in [-0.4, -0.2) is 71.4 Å². The number of allylic oxidation sites excluding steroid dienone is 1. The fourth-order valence-electron chi connectivity index (χ4n) is 5.63. The topological polar surface area (TPSA) is 104 Å². The van der Waals surface area contributed by atoms with Gasteiger partial charge in [-0.1, -0.05) is 6.07 Å². The molecule has 3 N–H and O–H groups in total. The molecule has 1 amide bonds. The number of aromatic nitrogens is 2. The van der Waals surface area contributed by atoms with Gasteiger partial charge in [-0.25, -0.2) is 8.13 Å². The van der Waals surface area contributed by atoms with Crippen LogP contribution in [0.15, 0.2) is 32.7 Å². The maximum Gasteiger partial charge on any atom is 0.418 e. The van der Waals surface area contributed by atoms with Crippen molar-refractivity contribution in [1.29, 1.82) is 0 Å². The Bertz CT molecular complexity index is 1240. The molecule has 9 nitrogen and oxygen atoms in total. The molecule has 4 aliphatic rings. The van der Waals surface area contributed by atoms with Gasteiger partial charge in [0.2, 0.25) is 5.91 Å². The van der Waals surface area contributed by atoms with Gasteiger partial charge in [-0.15, -0.1) is 0 Å². The summed E-state index contributed by atoms with van der Waals surface area (Å²) in [5, 5.41) is 3.10. The summed E-state index contributed by atoms with van der Waals surface area (Å²) in [7, 11) is 0. The Morgan fingerprint density at radius 2 is 2.08 bits per heavy atom. The van der Waals surface area contributed by atoms with Crippen LogP contribution in [0.1, 0.15) is 37.1 Å². The number of carbonyl (C=O) groups is 1. The van der Waals surface area contributed by atoms with Crippen molar-refractivity contribution in [2.45, 2.75) is 62.6 Å². The van der Waals surface area contributed by atoms with Crippen LogP contribution in [0.5, 0.6) is 0 Å². The molecule has 6 rings (SSSR count). The Labute approximate surface area is 222 Å². The molecule has 2 aromatic rings. The van der Waals surface area contributed by atoms with Gasteiger partial charge >= 0.3 is 6.18 Å².